The molecule has 0 spiro atoms. The van der Waals surface area contributed by atoms with Gasteiger partial charge in [0, 0.05) is 0 Å². The molecule has 2 rings (SSSR count). The number of hydrogen-bond acceptors (Lipinski definition) is 3. The summed E-state index contributed by atoms with van der Waals surface area (Å²) in [6.07, 6.45) is 6.90. The third-order valence-electron chi connectivity index (χ3n) is 2.02. The molecule has 0 N–H and O–H groups in total. The first-order chi connectivity index (χ1) is 8.34. The SMILES string of the molecule is Clc1cncc(OC/C=C/c2ccccc2)n1. The number of benzene rings is 1. The summed E-state index contributed by atoms with van der Waals surface area (Å²) in [6.45, 7) is 0.434. The van der Waals surface area contributed by atoms with Crippen molar-refractivity contribution in [3.63, 3.8) is 0 Å². The lowest BCUT2D eigenvalue weighted by molar-refractivity contribution is 0.347. The molecule has 4 heteroatoms. The van der Waals surface area contributed by atoms with Gasteiger partial charge in [0.2, 0.25) is 5.88 Å². The minimum absolute atomic E-state index is 0.328. The Balaban J connectivity index is 1.86. The molecule has 2 aromatic rings. The highest BCUT2D eigenvalue weighted by Gasteiger charge is 1.95. The van der Waals surface area contributed by atoms with Crippen molar-refractivity contribution in [2.75, 3.05) is 6.61 Å². The first-order valence-electron chi connectivity index (χ1n) is 5.16. The summed E-state index contributed by atoms with van der Waals surface area (Å²) in [7, 11) is 0. The fraction of sp³-hybridized carbons (Fsp3) is 0.0769. The molecule has 1 aromatic heterocycles. The fourth-order valence-corrected chi connectivity index (χ4v) is 1.42. The van der Waals surface area contributed by atoms with E-state index >= 15 is 0 Å². The molecule has 1 aromatic carbocycles. The van der Waals surface area contributed by atoms with E-state index in [1.807, 2.05) is 42.5 Å². The molecule has 86 valence electrons. The van der Waals surface area contributed by atoms with E-state index in [9.17, 15) is 0 Å². The van der Waals surface area contributed by atoms with Gasteiger partial charge in [0.05, 0.1) is 12.4 Å². The van der Waals surface area contributed by atoms with Gasteiger partial charge < -0.3 is 4.74 Å². The molecule has 0 unspecified atom stereocenters. The molecule has 0 aliphatic rings. The van der Waals surface area contributed by atoms with Crippen LogP contribution in [-0.2, 0) is 0 Å². The Morgan fingerprint density at radius 3 is 2.76 bits per heavy atom. The molecular formula is C13H11ClN2O. The van der Waals surface area contributed by atoms with E-state index in [1.54, 1.807) is 0 Å². The number of aromatic nitrogens is 2. The van der Waals surface area contributed by atoms with Gasteiger partial charge in [-0.2, -0.15) is 4.98 Å². The second kappa shape index (κ2) is 6.01. The normalized spacial score (nSPS) is 10.6. The lowest BCUT2D eigenvalue weighted by Crippen LogP contribution is -1.96. The first-order valence-corrected chi connectivity index (χ1v) is 5.54. The van der Waals surface area contributed by atoms with Crippen LogP contribution < -0.4 is 4.74 Å². The second-order valence-electron chi connectivity index (χ2n) is 3.30. The monoisotopic (exact) mass is 246 g/mol. The third-order valence-corrected chi connectivity index (χ3v) is 2.20. The summed E-state index contributed by atoms with van der Waals surface area (Å²) in [5.74, 6) is 0.426. The van der Waals surface area contributed by atoms with E-state index in [0.717, 1.165) is 5.56 Å². The maximum atomic E-state index is 5.68. The molecule has 0 saturated carbocycles. The molecule has 0 saturated heterocycles. The molecule has 0 radical (unpaired) electrons. The zero-order valence-corrected chi connectivity index (χ0v) is 9.84. The van der Waals surface area contributed by atoms with Crippen molar-refractivity contribution in [2.24, 2.45) is 0 Å². The van der Waals surface area contributed by atoms with Crippen molar-refractivity contribution < 1.29 is 4.74 Å². The summed E-state index contributed by atoms with van der Waals surface area (Å²) in [5.41, 5.74) is 1.13. The Hall–Kier alpha value is -1.87. The number of hydrogen-bond donors (Lipinski definition) is 0. The van der Waals surface area contributed by atoms with Crippen LogP contribution >= 0.6 is 11.6 Å². The zero-order valence-electron chi connectivity index (χ0n) is 9.08. The average molecular weight is 247 g/mol. The molecular weight excluding hydrogens is 236 g/mol. The highest BCUT2D eigenvalue weighted by Crippen LogP contribution is 2.09. The molecule has 17 heavy (non-hydrogen) atoms. The van der Waals surface area contributed by atoms with Gasteiger partial charge in [0.1, 0.15) is 6.61 Å². The van der Waals surface area contributed by atoms with E-state index in [2.05, 4.69) is 9.97 Å². The molecule has 3 nitrogen and oxygen atoms in total. The summed E-state index contributed by atoms with van der Waals surface area (Å²) in [4.78, 5) is 7.84. The smallest absolute Gasteiger partial charge is 0.234 e. The van der Waals surface area contributed by atoms with Gasteiger partial charge in [-0.15, -0.1) is 0 Å². The van der Waals surface area contributed by atoms with Crippen LogP contribution in [0.15, 0.2) is 48.8 Å². The van der Waals surface area contributed by atoms with Crippen LogP contribution in [0, 0.1) is 0 Å². The number of nitrogens with zero attached hydrogens (tertiary/aromatic N) is 2. The second-order valence-corrected chi connectivity index (χ2v) is 3.69. The topological polar surface area (TPSA) is 35.0 Å². The molecule has 0 aliphatic heterocycles. The van der Waals surface area contributed by atoms with Crippen LogP contribution in [0.2, 0.25) is 5.15 Å². The predicted molar refractivity (Wildman–Crippen MR) is 68.0 cm³/mol. The van der Waals surface area contributed by atoms with Gasteiger partial charge in [-0.1, -0.05) is 48.0 Å². The number of rotatable bonds is 4. The van der Waals surface area contributed by atoms with Crippen molar-refractivity contribution in [1.29, 1.82) is 0 Å². The molecule has 0 amide bonds. The van der Waals surface area contributed by atoms with Crippen LogP contribution in [-0.4, -0.2) is 16.6 Å². The van der Waals surface area contributed by atoms with Crippen molar-refractivity contribution in [1.82, 2.24) is 9.97 Å². The Kier molecular flexibility index (Phi) is 4.11. The molecule has 0 bridgehead atoms. The third kappa shape index (κ3) is 3.89. The largest absolute Gasteiger partial charge is 0.472 e. The summed E-state index contributed by atoms with van der Waals surface area (Å²) < 4.78 is 5.36. The van der Waals surface area contributed by atoms with E-state index in [-0.39, 0.29) is 0 Å². The van der Waals surface area contributed by atoms with Crippen LogP contribution in [0.25, 0.3) is 6.08 Å². The zero-order chi connectivity index (χ0) is 11.9. The van der Waals surface area contributed by atoms with E-state index in [0.29, 0.717) is 17.6 Å². The van der Waals surface area contributed by atoms with Gasteiger partial charge in [0.15, 0.2) is 5.15 Å². The van der Waals surface area contributed by atoms with Crippen LogP contribution in [0.4, 0.5) is 0 Å². The van der Waals surface area contributed by atoms with Gasteiger partial charge in [-0.3, -0.25) is 4.98 Å². The molecule has 0 aliphatic carbocycles. The van der Waals surface area contributed by atoms with Crippen molar-refractivity contribution in [3.8, 4) is 5.88 Å². The highest BCUT2D eigenvalue weighted by atomic mass is 35.5. The minimum atomic E-state index is 0.328. The molecule has 1 heterocycles. The lowest BCUT2D eigenvalue weighted by atomic mass is 10.2. The fourth-order valence-electron chi connectivity index (χ4n) is 1.28. The number of halogens is 1. The van der Waals surface area contributed by atoms with Gasteiger partial charge in [-0.05, 0) is 11.6 Å². The Morgan fingerprint density at radius 2 is 2.00 bits per heavy atom. The van der Waals surface area contributed by atoms with E-state index in [1.165, 1.54) is 12.4 Å². The average Bonchev–Trinajstić information content (AvgIpc) is 2.36. The van der Waals surface area contributed by atoms with E-state index in [4.69, 9.17) is 16.3 Å². The predicted octanol–water partition coefficient (Wildman–Crippen LogP) is 3.22. The van der Waals surface area contributed by atoms with Crippen molar-refractivity contribution >= 4 is 17.7 Å². The standard InChI is InChI=1S/C13H11ClN2O/c14-12-9-15-10-13(16-12)17-8-4-7-11-5-2-1-3-6-11/h1-7,9-10H,8H2/b7-4+. The quantitative estimate of drug-likeness (QED) is 0.831. The Bertz CT molecular complexity index is 500. The van der Waals surface area contributed by atoms with Gasteiger partial charge >= 0.3 is 0 Å². The lowest BCUT2D eigenvalue weighted by Gasteiger charge is -2.00. The van der Waals surface area contributed by atoms with E-state index < -0.39 is 0 Å². The molecule has 0 atom stereocenters. The molecule has 0 fully saturated rings. The summed E-state index contributed by atoms with van der Waals surface area (Å²) in [5, 5.41) is 0.328. The number of ether oxygens (including phenoxy) is 1. The van der Waals surface area contributed by atoms with Gasteiger partial charge in [-0.25, -0.2) is 0 Å². The van der Waals surface area contributed by atoms with Crippen molar-refractivity contribution in [2.45, 2.75) is 0 Å². The van der Waals surface area contributed by atoms with Crippen LogP contribution in [0.3, 0.4) is 0 Å². The van der Waals surface area contributed by atoms with Gasteiger partial charge in [0.25, 0.3) is 0 Å². The van der Waals surface area contributed by atoms with Crippen molar-refractivity contribution in [3.05, 3.63) is 59.5 Å². The van der Waals surface area contributed by atoms with Crippen LogP contribution in [0.5, 0.6) is 5.88 Å². The minimum Gasteiger partial charge on any atom is -0.472 e. The van der Waals surface area contributed by atoms with Crippen LogP contribution in [0.1, 0.15) is 5.56 Å². The Labute approximate surface area is 105 Å². The highest BCUT2D eigenvalue weighted by molar-refractivity contribution is 6.29. The maximum absolute atomic E-state index is 5.68. The Morgan fingerprint density at radius 1 is 1.18 bits per heavy atom. The maximum Gasteiger partial charge on any atom is 0.234 e. The summed E-state index contributed by atoms with van der Waals surface area (Å²) >= 11 is 5.68. The summed E-state index contributed by atoms with van der Waals surface area (Å²) in [6, 6.07) is 10.0. The first kappa shape index (κ1) is 11.6.